The zero-order valence-corrected chi connectivity index (χ0v) is 14.5. The van der Waals surface area contributed by atoms with Crippen LogP contribution in [0.5, 0.6) is 5.75 Å². The van der Waals surface area contributed by atoms with Crippen LogP contribution in [0.2, 0.25) is 5.02 Å². The normalized spacial score (nSPS) is 11.9. The molecule has 0 radical (unpaired) electrons. The monoisotopic (exact) mass is 350 g/mol. The van der Waals surface area contributed by atoms with Crippen LogP contribution in [0.15, 0.2) is 42.5 Å². The fourth-order valence-electron chi connectivity index (χ4n) is 2.21. The lowest BCUT2D eigenvalue weighted by Crippen LogP contribution is -2.39. The third kappa shape index (κ3) is 4.86. The number of nitrogens with one attached hydrogen (secondary N) is 2. The summed E-state index contributed by atoms with van der Waals surface area (Å²) in [6.45, 7) is 5.88. The zero-order valence-electron chi connectivity index (χ0n) is 13.8. The second-order valence-corrected chi connectivity index (χ2v) is 6.09. The summed E-state index contributed by atoms with van der Waals surface area (Å²) in [6.07, 6.45) is -0.541. The van der Waals surface area contributed by atoms with Crippen LogP contribution in [0.1, 0.15) is 32.3 Å². The van der Waals surface area contributed by atoms with Crippen LogP contribution in [-0.4, -0.2) is 12.3 Å². The van der Waals surface area contributed by atoms with Crippen molar-refractivity contribution >= 4 is 23.3 Å². The van der Waals surface area contributed by atoms with E-state index in [1.807, 2.05) is 24.3 Å². The fraction of sp³-hybridized carbons (Fsp3) is 0.278. The molecule has 0 aliphatic rings. The van der Waals surface area contributed by atoms with E-state index in [-0.39, 0.29) is 5.02 Å². The van der Waals surface area contributed by atoms with Gasteiger partial charge in [-0.1, -0.05) is 43.6 Å². The topological polar surface area (TPSA) is 50.4 Å². The van der Waals surface area contributed by atoms with Gasteiger partial charge >= 0.3 is 6.03 Å². The molecule has 0 aliphatic heterocycles. The van der Waals surface area contributed by atoms with Gasteiger partial charge in [0.25, 0.3) is 0 Å². The van der Waals surface area contributed by atoms with Crippen LogP contribution >= 0.6 is 11.6 Å². The average Bonchev–Trinajstić information content (AvgIpc) is 2.51. The van der Waals surface area contributed by atoms with Gasteiger partial charge in [-0.15, -0.1) is 0 Å². The minimum absolute atomic E-state index is 0.0528. The van der Waals surface area contributed by atoms with Gasteiger partial charge in [0, 0.05) is 5.69 Å². The zero-order chi connectivity index (χ0) is 17.7. The molecule has 0 fully saturated rings. The van der Waals surface area contributed by atoms with Gasteiger partial charge in [0.1, 0.15) is 11.6 Å². The Balaban J connectivity index is 1.95. The van der Waals surface area contributed by atoms with E-state index in [0.717, 1.165) is 11.3 Å². The van der Waals surface area contributed by atoms with Crippen LogP contribution in [-0.2, 0) is 0 Å². The first-order valence-corrected chi connectivity index (χ1v) is 8.02. The minimum atomic E-state index is -0.541. The van der Waals surface area contributed by atoms with E-state index in [2.05, 4.69) is 24.5 Å². The van der Waals surface area contributed by atoms with Gasteiger partial charge < -0.3 is 15.4 Å². The Morgan fingerprint density at radius 1 is 1.17 bits per heavy atom. The van der Waals surface area contributed by atoms with Gasteiger partial charge in [0.15, 0.2) is 6.23 Å². The second kappa shape index (κ2) is 8.02. The minimum Gasteiger partial charge on any atom is -0.471 e. The van der Waals surface area contributed by atoms with Gasteiger partial charge in [0.2, 0.25) is 0 Å². The van der Waals surface area contributed by atoms with E-state index in [9.17, 15) is 9.18 Å². The molecule has 2 aromatic carbocycles. The van der Waals surface area contributed by atoms with E-state index in [1.54, 1.807) is 6.92 Å². The molecule has 24 heavy (non-hydrogen) atoms. The Morgan fingerprint density at radius 3 is 2.54 bits per heavy atom. The molecule has 2 N–H and O–H groups in total. The smallest absolute Gasteiger partial charge is 0.322 e. The highest BCUT2D eigenvalue weighted by Crippen LogP contribution is 2.26. The highest BCUT2D eigenvalue weighted by Gasteiger charge is 2.13. The van der Waals surface area contributed by atoms with Crippen LogP contribution in [0.25, 0.3) is 0 Å². The number of carbonyl (C=O) groups excluding carboxylic acids is 1. The predicted molar refractivity (Wildman–Crippen MR) is 94.2 cm³/mol. The fourth-order valence-corrected chi connectivity index (χ4v) is 2.39. The molecule has 2 rings (SSSR count). The first kappa shape index (κ1) is 18.1. The van der Waals surface area contributed by atoms with E-state index in [0.29, 0.717) is 11.6 Å². The first-order valence-electron chi connectivity index (χ1n) is 7.65. The van der Waals surface area contributed by atoms with Gasteiger partial charge in [0.05, 0.1) is 5.02 Å². The number of hydrogen-bond acceptors (Lipinski definition) is 2. The predicted octanol–water partition coefficient (Wildman–Crippen LogP) is 5.15. The molecule has 2 aromatic rings. The van der Waals surface area contributed by atoms with Crippen molar-refractivity contribution in [3.63, 3.8) is 0 Å². The molecule has 6 heteroatoms. The lowest BCUT2D eigenvalue weighted by Gasteiger charge is -2.20. The molecule has 0 saturated carbocycles. The van der Waals surface area contributed by atoms with Gasteiger partial charge in [-0.05, 0) is 42.7 Å². The van der Waals surface area contributed by atoms with E-state index in [1.165, 1.54) is 18.2 Å². The lowest BCUT2D eigenvalue weighted by molar-refractivity contribution is 0.181. The number of amides is 2. The van der Waals surface area contributed by atoms with Crippen molar-refractivity contribution in [1.82, 2.24) is 5.32 Å². The number of halogens is 2. The Bertz CT molecular complexity index is 722. The molecule has 0 spiro atoms. The number of rotatable bonds is 5. The number of ether oxygens (including phenoxy) is 1. The van der Waals surface area contributed by atoms with Crippen molar-refractivity contribution in [1.29, 1.82) is 0 Å². The number of hydrogen-bond donors (Lipinski definition) is 2. The van der Waals surface area contributed by atoms with E-state index >= 15 is 0 Å². The number of para-hydroxylation sites is 1. The summed E-state index contributed by atoms with van der Waals surface area (Å²) in [7, 11) is 0. The van der Waals surface area contributed by atoms with Crippen molar-refractivity contribution in [2.45, 2.75) is 32.9 Å². The summed E-state index contributed by atoms with van der Waals surface area (Å²) in [5.74, 6) is 0.498. The number of carbonyl (C=O) groups is 1. The molecular weight excluding hydrogens is 331 g/mol. The summed E-state index contributed by atoms with van der Waals surface area (Å²) in [5.41, 5.74) is 1.46. The van der Waals surface area contributed by atoms with Crippen molar-refractivity contribution in [2.75, 3.05) is 5.32 Å². The van der Waals surface area contributed by atoms with Crippen LogP contribution in [0.3, 0.4) is 0 Å². The first-order chi connectivity index (χ1) is 11.4. The lowest BCUT2D eigenvalue weighted by atomic mass is 10.0. The molecule has 0 aromatic heterocycles. The van der Waals surface area contributed by atoms with Gasteiger partial charge in [-0.2, -0.15) is 0 Å². The second-order valence-electron chi connectivity index (χ2n) is 5.68. The van der Waals surface area contributed by atoms with E-state index in [4.69, 9.17) is 16.3 Å². The maximum atomic E-state index is 13.1. The van der Waals surface area contributed by atoms with E-state index < -0.39 is 18.1 Å². The molecule has 4 nitrogen and oxygen atoms in total. The number of urea groups is 1. The largest absolute Gasteiger partial charge is 0.471 e. The molecule has 0 bridgehead atoms. The highest BCUT2D eigenvalue weighted by atomic mass is 35.5. The van der Waals surface area contributed by atoms with Gasteiger partial charge in [-0.3, -0.25) is 0 Å². The number of benzene rings is 2. The Kier molecular flexibility index (Phi) is 6.04. The molecule has 2 amide bonds. The molecule has 128 valence electrons. The molecular formula is C18H20ClFN2O2. The summed E-state index contributed by atoms with van der Waals surface area (Å²) in [6, 6.07) is 11.2. The summed E-state index contributed by atoms with van der Waals surface area (Å²) in [4.78, 5) is 12.0. The van der Waals surface area contributed by atoms with Crippen molar-refractivity contribution in [3.8, 4) is 5.75 Å². The molecule has 0 saturated heterocycles. The quantitative estimate of drug-likeness (QED) is 0.733. The summed E-state index contributed by atoms with van der Waals surface area (Å²) in [5, 5.41) is 5.20. The SMILES string of the molecule is CC(NC(=O)Nc1ccc(F)c(Cl)c1)Oc1ccccc1C(C)C. The van der Waals surface area contributed by atoms with Crippen molar-refractivity contribution in [3.05, 3.63) is 58.9 Å². The molecule has 0 aliphatic carbocycles. The molecule has 1 unspecified atom stereocenters. The number of anilines is 1. The van der Waals surface area contributed by atoms with Crippen molar-refractivity contribution < 1.29 is 13.9 Å². The Labute approximate surface area is 146 Å². The Morgan fingerprint density at radius 2 is 1.88 bits per heavy atom. The summed E-state index contributed by atoms with van der Waals surface area (Å²) < 4.78 is 18.9. The maximum Gasteiger partial charge on any atom is 0.322 e. The maximum absolute atomic E-state index is 13.1. The average molecular weight is 351 g/mol. The standard InChI is InChI=1S/C18H20ClFN2O2/c1-11(2)14-6-4-5-7-17(14)24-12(3)21-18(23)22-13-8-9-16(20)15(19)10-13/h4-12H,1-3H3,(H2,21,22,23). The van der Waals surface area contributed by atoms with Crippen molar-refractivity contribution in [2.24, 2.45) is 0 Å². The summed E-state index contributed by atoms with van der Waals surface area (Å²) >= 11 is 5.69. The Hall–Kier alpha value is -2.27. The van der Waals surface area contributed by atoms with Crippen LogP contribution < -0.4 is 15.4 Å². The highest BCUT2D eigenvalue weighted by molar-refractivity contribution is 6.31. The van der Waals surface area contributed by atoms with Gasteiger partial charge in [-0.25, -0.2) is 9.18 Å². The van der Waals surface area contributed by atoms with Crippen LogP contribution in [0.4, 0.5) is 14.9 Å². The molecule has 1 atom stereocenters. The molecule has 0 heterocycles. The third-order valence-electron chi connectivity index (χ3n) is 3.36. The third-order valence-corrected chi connectivity index (χ3v) is 3.65. The van der Waals surface area contributed by atoms with Crippen LogP contribution in [0, 0.1) is 5.82 Å².